The van der Waals surface area contributed by atoms with Crippen molar-refractivity contribution in [1.82, 2.24) is 5.32 Å². The predicted octanol–water partition coefficient (Wildman–Crippen LogP) is 1.00. The Morgan fingerprint density at radius 1 is 1.25 bits per heavy atom. The lowest BCUT2D eigenvalue weighted by Crippen LogP contribution is -2.45. The number of aliphatic carboxylic acids is 1. The molecule has 8 nitrogen and oxygen atoms in total. The minimum absolute atomic E-state index is 0.167. The smallest absolute Gasteiger partial charge is 0.327 e. The molecule has 1 rings (SSSR count). The minimum atomic E-state index is -4.54. The first-order valence-corrected chi connectivity index (χ1v) is 8.97. The summed E-state index contributed by atoms with van der Waals surface area (Å²) in [4.78, 5) is 23.1. The highest BCUT2D eigenvalue weighted by molar-refractivity contribution is 7.85. The molecule has 0 saturated carbocycles. The summed E-state index contributed by atoms with van der Waals surface area (Å²) in [6, 6.07) is 7.21. The molecule has 1 aromatic carbocycles. The molecule has 134 valence electrons. The van der Waals surface area contributed by atoms with Gasteiger partial charge in [0.2, 0.25) is 5.91 Å². The molecule has 0 radical (unpaired) electrons. The molecule has 0 aliphatic heterocycles. The van der Waals surface area contributed by atoms with Crippen LogP contribution in [0.25, 0.3) is 0 Å². The van der Waals surface area contributed by atoms with Crippen molar-refractivity contribution in [2.75, 3.05) is 12.4 Å². The lowest BCUT2D eigenvalue weighted by molar-refractivity contribution is -0.141. The lowest BCUT2D eigenvalue weighted by atomic mass is 10.1. The van der Waals surface area contributed by atoms with Crippen molar-refractivity contribution in [3.63, 3.8) is 0 Å². The van der Waals surface area contributed by atoms with E-state index >= 15 is 0 Å². The number of hydrogen-bond acceptors (Lipinski definition) is 5. The van der Waals surface area contributed by atoms with E-state index in [9.17, 15) is 18.0 Å². The maximum atomic E-state index is 12.1. The normalized spacial score (nSPS) is 13.9. The molecule has 3 N–H and O–H groups in total. The van der Waals surface area contributed by atoms with E-state index < -0.39 is 39.9 Å². The maximum Gasteiger partial charge on any atom is 0.327 e. The van der Waals surface area contributed by atoms with Gasteiger partial charge in [0, 0.05) is 6.61 Å². The quantitative estimate of drug-likeness (QED) is 0.531. The van der Waals surface area contributed by atoms with Crippen LogP contribution in [-0.2, 0) is 24.4 Å². The first-order valence-electron chi connectivity index (χ1n) is 7.36. The van der Waals surface area contributed by atoms with Gasteiger partial charge in [0.15, 0.2) is 0 Å². The number of carboxylic acid groups (broad SMARTS) is 1. The largest absolute Gasteiger partial charge is 0.480 e. The van der Waals surface area contributed by atoms with Crippen LogP contribution in [0.2, 0.25) is 0 Å². The second-order valence-corrected chi connectivity index (χ2v) is 6.68. The van der Waals surface area contributed by atoms with Crippen molar-refractivity contribution in [3.8, 4) is 0 Å². The fourth-order valence-corrected chi connectivity index (χ4v) is 2.65. The van der Waals surface area contributed by atoms with Crippen LogP contribution in [0.15, 0.2) is 30.3 Å². The number of amides is 1. The zero-order chi connectivity index (χ0) is 18.2. The molecular formula is C15H21NO7S. The summed E-state index contributed by atoms with van der Waals surface area (Å²) in [7, 11) is -4.54. The fourth-order valence-electron chi connectivity index (χ4n) is 2.01. The number of benzene rings is 1. The van der Waals surface area contributed by atoms with Gasteiger partial charge in [-0.25, -0.2) is 4.79 Å². The van der Waals surface area contributed by atoms with Gasteiger partial charge < -0.3 is 15.2 Å². The van der Waals surface area contributed by atoms with E-state index in [0.29, 0.717) is 6.61 Å². The van der Waals surface area contributed by atoms with Gasteiger partial charge in [0.25, 0.3) is 10.1 Å². The van der Waals surface area contributed by atoms with Crippen LogP contribution in [0, 0.1) is 0 Å². The van der Waals surface area contributed by atoms with Crippen molar-refractivity contribution < 1.29 is 32.4 Å². The van der Waals surface area contributed by atoms with E-state index in [1.807, 2.05) is 13.0 Å². The van der Waals surface area contributed by atoms with Gasteiger partial charge in [0.05, 0.1) is 12.5 Å². The summed E-state index contributed by atoms with van der Waals surface area (Å²) in [5.41, 5.74) is 0.753. The van der Waals surface area contributed by atoms with Gasteiger partial charge in [-0.05, 0) is 12.0 Å². The Morgan fingerprint density at radius 3 is 2.38 bits per heavy atom. The predicted molar refractivity (Wildman–Crippen MR) is 86.0 cm³/mol. The van der Waals surface area contributed by atoms with Crippen LogP contribution < -0.4 is 5.32 Å². The molecule has 0 fully saturated rings. The average Bonchev–Trinajstić information content (AvgIpc) is 2.50. The number of ether oxygens (including phenoxy) is 1. The summed E-state index contributed by atoms with van der Waals surface area (Å²) in [6.07, 6.45) is -0.00334. The van der Waals surface area contributed by atoms with E-state index in [1.54, 1.807) is 24.3 Å². The molecule has 0 spiro atoms. The Labute approximate surface area is 140 Å². The molecule has 0 aromatic heterocycles. The molecule has 0 aliphatic rings. The third-order valence-corrected chi connectivity index (χ3v) is 3.83. The van der Waals surface area contributed by atoms with E-state index in [-0.39, 0.29) is 6.42 Å². The number of nitrogens with one attached hydrogen (secondary N) is 1. The molecule has 0 saturated heterocycles. The number of carboxylic acids is 1. The van der Waals surface area contributed by atoms with E-state index in [2.05, 4.69) is 5.32 Å². The first kappa shape index (κ1) is 20.1. The van der Waals surface area contributed by atoms with Crippen molar-refractivity contribution in [1.29, 1.82) is 0 Å². The van der Waals surface area contributed by atoms with Gasteiger partial charge >= 0.3 is 5.97 Å². The molecule has 24 heavy (non-hydrogen) atoms. The van der Waals surface area contributed by atoms with Crippen LogP contribution >= 0.6 is 0 Å². The molecule has 0 bridgehead atoms. The van der Waals surface area contributed by atoms with E-state index in [0.717, 1.165) is 12.0 Å². The minimum Gasteiger partial charge on any atom is -0.480 e. The van der Waals surface area contributed by atoms with Crippen LogP contribution in [0.3, 0.4) is 0 Å². The molecular weight excluding hydrogens is 338 g/mol. The highest BCUT2D eigenvalue weighted by Crippen LogP contribution is 2.21. The Hall–Kier alpha value is -1.97. The first-order chi connectivity index (χ1) is 11.2. The van der Waals surface area contributed by atoms with E-state index in [4.69, 9.17) is 14.4 Å². The summed E-state index contributed by atoms with van der Waals surface area (Å²) in [5.74, 6) is -3.33. The van der Waals surface area contributed by atoms with Gasteiger partial charge in [-0.1, -0.05) is 37.3 Å². The summed E-state index contributed by atoms with van der Waals surface area (Å²) in [6.45, 7) is 2.33. The zero-order valence-electron chi connectivity index (χ0n) is 13.2. The highest BCUT2D eigenvalue weighted by Gasteiger charge is 2.27. The zero-order valence-corrected chi connectivity index (χ0v) is 14.0. The summed E-state index contributed by atoms with van der Waals surface area (Å²) >= 11 is 0. The SMILES string of the molecule is CCCOC(CC(=O)N[C@@H](CS(=O)(=O)O)C(=O)O)c1ccccc1. The number of carbonyl (C=O) groups excluding carboxylic acids is 1. The third kappa shape index (κ3) is 7.53. The van der Waals surface area contributed by atoms with E-state index in [1.165, 1.54) is 0 Å². The second-order valence-electron chi connectivity index (χ2n) is 5.18. The molecule has 9 heteroatoms. The number of carbonyl (C=O) groups is 2. The lowest BCUT2D eigenvalue weighted by Gasteiger charge is -2.19. The third-order valence-electron chi connectivity index (χ3n) is 3.08. The molecule has 0 aliphatic carbocycles. The molecule has 0 heterocycles. The Morgan fingerprint density at radius 2 is 1.88 bits per heavy atom. The number of hydrogen-bond donors (Lipinski definition) is 3. The topological polar surface area (TPSA) is 130 Å². The Bertz CT molecular complexity index is 645. The van der Waals surface area contributed by atoms with Gasteiger partial charge in [-0.3, -0.25) is 9.35 Å². The average molecular weight is 359 g/mol. The second kappa shape index (κ2) is 9.36. The fraction of sp³-hybridized carbons (Fsp3) is 0.467. The molecule has 1 amide bonds. The van der Waals surface area contributed by atoms with Crippen LogP contribution in [-0.4, -0.2) is 48.4 Å². The van der Waals surface area contributed by atoms with Gasteiger partial charge in [0.1, 0.15) is 11.8 Å². The van der Waals surface area contributed by atoms with Crippen LogP contribution in [0.1, 0.15) is 31.4 Å². The van der Waals surface area contributed by atoms with Crippen LogP contribution in [0.5, 0.6) is 0 Å². The van der Waals surface area contributed by atoms with Gasteiger partial charge in [-0.2, -0.15) is 8.42 Å². The Balaban J connectivity index is 2.78. The summed E-state index contributed by atoms with van der Waals surface area (Å²) < 4.78 is 36.0. The monoisotopic (exact) mass is 359 g/mol. The maximum absolute atomic E-state index is 12.1. The van der Waals surface area contributed by atoms with Crippen LogP contribution in [0.4, 0.5) is 0 Å². The number of rotatable bonds is 10. The molecule has 1 aromatic rings. The Kier molecular flexibility index (Phi) is 7.83. The van der Waals surface area contributed by atoms with Crippen molar-refractivity contribution in [3.05, 3.63) is 35.9 Å². The summed E-state index contributed by atoms with van der Waals surface area (Å²) in [5, 5.41) is 11.0. The van der Waals surface area contributed by atoms with Crippen molar-refractivity contribution in [2.24, 2.45) is 0 Å². The van der Waals surface area contributed by atoms with Crippen molar-refractivity contribution in [2.45, 2.75) is 31.9 Å². The molecule has 1 unspecified atom stereocenters. The molecule has 2 atom stereocenters. The highest BCUT2D eigenvalue weighted by atomic mass is 32.2. The van der Waals surface area contributed by atoms with Crippen molar-refractivity contribution >= 4 is 22.0 Å². The standard InChI is InChI=1S/C15H21NO7S/c1-2-8-23-13(11-6-4-3-5-7-11)9-14(17)16-12(15(18)19)10-24(20,21)22/h3-7,12-13H,2,8-10H2,1H3,(H,16,17)(H,18,19)(H,20,21,22)/t12-,13?/m0/s1. The van der Waals surface area contributed by atoms with Gasteiger partial charge in [-0.15, -0.1) is 0 Å².